The second kappa shape index (κ2) is 5.37. The zero-order chi connectivity index (χ0) is 10.7. The van der Waals surface area contributed by atoms with E-state index in [9.17, 15) is 0 Å². The number of hydrogen-bond donors (Lipinski definition) is 1. The molecule has 15 heavy (non-hydrogen) atoms. The Morgan fingerprint density at radius 2 is 2.07 bits per heavy atom. The molecule has 1 fully saturated rings. The van der Waals surface area contributed by atoms with E-state index in [4.69, 9.17) is 0 Å². The maximum atomic E-state index is 3.75. The monoisotopic (exact) mass is 241 g/mol. The first-order valence-electron chi connectivity index (χ1n) is 5.66. The van der Waals surface area contributed by atoms with Crippen LogP contribution in [0.15, 0.2) is 12.1 Å². The van der Waals surface area contributed by atoms with Crippen LogP contribution < -0.4 is 5.32 Å². The van der Waals surface area contributed by atoms with E-state index in [0.29, 0.717) is 6.04 Å². The SMILES string of the molecule is Cc1ccc(C(C)NC2CCSCC2)s1. The molecule has 1 aliphatic heterocycles. The topological polar surface area (TPSA) is 12.0 Å². The summed E-state index contributed by atoms with van der Waals surface area (Å²) in [4.78, 5) is 2.89. The van der Waals surface area contributed by atoms with Crippen LogP contribution in [-0.4, -0.2) is 17.5 Å². The lowest BCUT2D eigenvalue weighted by molar-refractivity contribution is 0.434. The fourth-order valence-electron chi connectivity index (χ4n) is 1.99. The lowest BCUT2D eigenvalue weighted by Gasteiger charge is -2.25. The zero-order valence-corrected chi connectivity index (χ0v) is 11.1. The third kappa shape index (κ3) is 3.23. The molecule has 1 aromatic heterocycles. The van der Waals surface area contributed by atoms with Crippen molar-refractivity contribution in [2.24, 2.45) is 0 Å². The van der Waals surface area contributed by atoms with Gasteiger partial charge in [-0.3, -0.25) is 0 Å². The number of thioether (sulfide) groups is 1. The lowest BCUT2D eigenvalue weighted by Crippen LogP contribution is -2.34. The number of aryl methyl sites for hydroxylation is 1. The summed E-state index contributed by atoms with van der Waals surface area (Å²) in [6.45, 7) is 4.46. The molecule has 0 amide bonds. The Hall–Kier alpha value is 0.01000. The van der Waals surface area contributed by atoms with E-state index in [-0.39, 0.29) is 0 Å². The van der Waals surface area contributed by atoms with E-state index in [1.807, 2.05) is 11.3 Å². The van der Waals surface area contributed by atoms with Crippen LogP contribution in [0.2, 0.25) is 0 Å². The van der Waals surface area contributed by atoms with E-state index >= 15 is 0 Å². The van der Waals surface area contributed by atoms with E-state index in [1.165, 1.54) is 34.1 Å². The predicted octanol–water partition coefficient (Wildman–Crippen LogP) is 3.60. The highest BCUT2D eigenvalue weighted by Gasteiger charge is 2.17. The smallest absolute Gasteiger partial charge is 0.0388 e. The van der Waals surface area contributed by atoms with Crippen LogP contribution in [-0.2, 0) is 0 Å². The first kappa shape index (κ1) is 11.5. The summed E-state index contributed by atoms with van der Waals surface area (Å²) in [7, 11) is 0. The molecule has 2 rings (SSSR count). The van der Waals surface area contributed by atoms with Crippen LogP contribution in [0.25, 0.3) is 0 Å². The number of hydrogen-bond acceptors (Lipinski definition) is 3. The Morgan fingerprint density at radius 1 is 1.33 bits per heavy atom. The fraction of sp³-hybridized carbons (Fsp3) is 0.667. The van der Waals surface area contributed by atoms with Crippen molar-refractivity contribution in [3.8, 4) is 0 Å². The van der Waals surface area contributed by atoms with Gasteiger partial charge in [0.05, 0.1) is 0 Å². The maximum Gasteiger partial charge on any atom is 0.0388 e. The summed E-state index contributed by atoms with van der Waals surface area (Å²) in [5.41, 5.74) is 0. The van der Waals surface area contributed by atoms with Crippen molar-refractivity contribution in [2.45, 2.75) is 38.8 Å². The van der Waals surface area contributed by atoms with Crippen molar-refractivity contribution in [3.63, 3.8) is 0 Å². The van der Waals surface area contributed by atoms with E-state index in [1.54, 1.807) is 0 Å². The van der Waals surface area contributed by atoms with Crippen LogP contribution in [0.5, 0.6) is 0 Å². The van der Waals surface area contributed by atoms with Crippen molar-refractivity contribution in [1.82, 2.24) is 5.32 Å². The molecular formula is C12H19NS2. The first-order valence-corrected chi connectivity index (χ1v) is 7.63. The molecule has 0 spiro atoms. The molecule has 0 aromatic carbocycles. The van der Waals surface area contributed by atoms with Crippen molar-refractivity contribution >= 4 is 23.1 Å². The Labute approximate surface area is 101 Å². The minimum atomic E-state index is 0.525. The van der Waals surface area contributed by atoms with Crippen LogP contribution in [0.4, 0.5) is 0 Å². The molecule has 1 saturated heterocycles. The molecule has 0 radical (unpaired) electrons. The summed E-state index contributed by atoms with van der Waals surface area (Å²) in [6.07, 6.45) is 2.67. The van der Waals surface area contributed by atoms with Gasteiger partial charge in [0.2, 0.25) is 0 Å². The van der Waals surface area contributed by atoms with E-state index in [0.717, 1.165) is 6.04 Å². The largest absolute Gasteiger partial charge is 0.307 e. The van der Waals surface area contributed by atoms with Gasteiger partial charge in [-0.25, -0.2) is 0 Å². The standard InChI is InChI=1S/C12H19NS2/c1-9-3-4-12(15-9)10(2)13-11-5-7-14-8-6-11/h3-4,10-11,13H,5-8H2,1-2H3. The number of nitrogens with one attached hydrogen (secondary N) is 1. The van der Waals surface area contributed by atoms with Gasteiger partial charge in [-0.15, -0.1) is 11.3 Å². The minimum Gasteiger partial charge on any atom is -0.307 e. The average Bonchev–Trinajstić information content (AvgIpc) is 2.66. The molecular weight excluding hydrogens is 222 g/mol. The van der Waals surface area contributed by atoms with E-state index < -0.39 is 0 Å². The van der Waals surface area contributed by atoms with Crippen molar-refractivity contribution in [2.75, 3.05) is 11.5 Å². The third-order valence-electron chi connectivity index (χ3n) is 2.89. The molecule has 1 N–H and O–H groups in total. The summed E-state index contributed by atoms with van der Waals surface area (Å²) >= 11 is 4.00. The molecule has 1 aliphatic rings. The highest BCUT2D eigenvalue weighted by Crippen LogP contribution is 2.25. The molecule has 1 nitrogen and oxygen atoms in total. The Bertz CT molecular complexity index is 302. The van der Waals surface area contributed by atoms with Gasteiger partial charge in [-0.1, -0.05) is 0 Å². The minimum absolute atomic E-state index is 0.525. The van der Waals surface area contributed by atoms with Gasteiger partial charge in [0.15, 0.2) is 0 Å². The quantitative estimate of drug-likeness (QED) is 0.868. The van der Waals surface area contributed by atoms with Gasteiger partial charge in [-0.05, 0) is 50.3 Å². The molecule has 0 saturated carbocycles. The predicted molar refractivity (Wildman–Crippen MR) is 71.0 cm³/mol. The Kier molecular flexibility index (Phi) is 4.12. The third-order valence-corrected chi connectivity index (χ3v) is 5.13. The summed E-state index contributed by atoms with van der Waals surface area (Å²) < 4.78 is 0. The van der Waals surface area contributed by atoms with Crippen LogP contribution in [0.1, 0.15) is 35.6 Å². The van der Waals surface area contributed by atoms with Crippen molar-refractivity contribution in [3.05, 3.63) is 21.9 Å². The van der Waals surface area contributed by atoms with Gasteiger partial charge >= 0.3 is 0 Å². The number of thiophene rings is 1. The first-order chi connectivity index (χ1) is 7.25. The van der Waals surface area contributed by atoms with Crippen molar-refractivity contribution in [1.29, 1.82) is 0 Å². The van der Waals surface area contributed by atoms with Gasteiger partial charge in [0, 0.05) is 21.8 Å². The van der Waals surface area contributed by atoms with E-state index in [2.05, 4.69) is 43.1 Å². The van der Waals surface area contributed by atoms with Gasteiger partial charge in [0.25, 0.3) is 0 Å². The second-order valence-corrected chi connectivity index (χ2v) is 6.77. The Morgan fingerprint density at radius 3 is 2.67 bits per heavy atom. The molecule has 0 aliphatic carbocycles. The zero-order valence-electron chi connectivity index (χ0n) is 9.45. The molecule has 0 bridgehead atoms. The molecule has 1 unspecified atom stereocenters. The fourth-order valence-corrected chi connectivity index (χ4v) is 3.98. The highest BCUT2D eigenvalue weighted by molar-refractivity contribution is 7.99. The molecule has 2 heterocycles. The average molecular weight is 241 g/mol. The molecule has 1 atom stereocenters. The number of rotatable bonds is 3. The summed E-state index contributed by atoms with van der Waals surface area (Å²) in [5, 5.41) is 3.75. The second-order valence-electron chi connectivity index (χ2n) is 4.22. The van der Waals surface area contributed by atoms with Gasteiger partial charge in [-0.2, -0.15) is 11.8 Å². The maximum absolute atomic E-state index is 3.75. The van der Waals surface area contributed by atoms with Crippen LogP contribution >= 0.6 is 23.1 Å². The lowest BCUT2D eigenvalue weighted by atomic mass is 10.1. The molecule has 84 valence electrons. The summed E-state index contributed by atoms with van der Waals surface area (Å²) in [5.74, 6) is 2.65. The highest BCUT2D eigenvalue weighted by atomic mass is 32.2. The van der Waals surface area contributed by atoms with Gasteiger partial charge in [0.1, 0.15) is 0 Å². The Balaban J connectivity index is 1.88. The van der Waals surface area contributed by atoms with Gasteiger partial charge < -0.3 is 5.32 Å². The van der Waals surface area contributed by atoms with Crippen molar-refractivity contribution < 1.29 is 0 Å². The van der Waals surface area contributed by atoms with Crippen LogP contribution in [0, 0.1) is 6.92 Å². The summed E-state index contributed by atoms with van der Waals surface area (Å²) in [6, 6.07) is 5.74. The molecule has 1 aromatic rings. The molecule has 3 heteroatoms. The normalized spacial score (nSPS) is 20.4. The van der Waals surface area contributed by atoms with Crippen LogP contribution in [0.3, 0.4) is 0 Å².